The molecule has 2 aliphatic heterocycles. The summed E-state index contributed by atoms with van der Waals surface area (Å²) in [5.41, 5.74) is -0.0138. The van der Waals surface area contributed by atoms with E-state index in [9.17, 15) is 0 Å². The maximum atomic E-state index is 8.03. The Hall–Kier alpha value is -2.85. The molecular weight excluding hydrogens is 599 g/mol. The van der Waals surface area contributed by atoms with Gasteiger partial charge in [0.15, 0.2) is 0 Å². The minimum Gasteiger partial charge on any atom is -0.400 e. The zero-order chi connectivity index (χ0) is 32.2. The van der Waals surface area contributed by atoms with E-state index < -0.39 is 16.6 Å². The van der Waals surface area contributed by atoms with Crippen molar-refractivity contribution in [2.24, 2.45) is 0 Å². The molecule has 0 bridgehead atoms. The van der Waals surface area contributed by atoms with Gasteiger partial charge < -0.3 is 8.85 Å². The third kappa shape index (κ3) is 5.28. The molecule has 2 saturated heterocycles. The summed E-state index contributed by atoms with van der Waals surface area (Å²) in [6.07, 6.45) is 2.96. The summed E-state index contributed by atoms with van der Waals surface area (Å²) < 4.78 is 15.9. The molecule has 1 aliphatic carbocycles. The monoisotopic (exact) mass is 647 g/mol. The summed E-state index contributed by atoms with van der Waals surface area (Å²) in [7, 11) is -5.72. The molecule has 46 heavy (non-hydrogen) atoms. The van der Waals surface area contributed by atoms with Gasteiger partial charge in [-0.2, -0.15) is 5.06 Å². The molecule has 0 radical (unpaired) electrons. The van der Waals surface area contributed by atoms with Crippen LogP contribution in [0.15, 0.2) is 121 Å². The second-order valence-corrected chi connectivity index (χ2v) is 24.2. The first kappa shape index (κ1) is 31.7. The van der Waals surface area contributed by atoms with Crippen LogP contribution in [-0.4, -0.2) is 52.1 Å². The molecule has 4 aromatic carbocycles. The van der Waals surface area contributed by atoms with Gasteiger partial charge in [0.05, 0.1) is 30.4 Å². The van der Waals surface area contributed by atoms with Crippen molar-refractivity contribution in [2.45, 2.75) is 94.7 Å². The summed E-state index contributed by atoms with van der Waals surface area (Å²) in [6.45, 7) is 14.9. The number of fused-ring (bicyclic) bond motifs is 1. The van der Waals surface area contributed by atoms with Gasteiger partial charge in [-0.05, 0) is 50.1 Å². The molecule has 1 saturated carbocycles. The SMILES string of the molecule is CC(C)(C)[Si](O[C@@H]1[C@H]2CC3(CC3)ON2C[C@H]1O[Si](c1ccccc1)(c1ccccc1)C(C)(C)C)(c1ccccc1)c1ccccc1. The molecule has 1 spiro atoms. The molecule has 0 N–H and O–H groups in total. The Morgan fingerprint density at radius 3 is 1.30 bits per heavy atom. The minimum atomic E-state index is -2.87. The van der Waals surface area contributed by atoms with Crippen LogP contribution in [0.25, 0.3) is 0 Å². The molecular formula is C40H49NO3Si2. The molecule has 3 atom stereocenters. The Morgan fingerprint density at radius 1 is 0.587 bits per heavy atom. The van der Waals surface area contributed by atoms with Crippen molar-refractivity contribution in [2.75, 3.05) is 6.54 Å². The Balaban J connectivity index is 1.40. The van der Waals surface area contributed by atoms with Gasteiger partial charge in [0.1, 0.15) is 0 Å². The van der Waals surface area contributed by atoms with E-state index in [0.717, 1.165) is 19.3 Å². The van der Waals surface area contributed by atoms with Crippen LogP contribution in [0, 0.1) is 0 Å². The van der Waals surface area contributed by atoms with Crippen LogP contribution >= 0.6 is 0 Å². The zero-order valence-electron chi connectivity index (χ0n) is 28.3. The molecule has 3 aliphatic rings. The van der Waals surface area contributed by atoms with Gasteiger partial charge in [-0.25, -0.2) is 0 Å². The number of nitrogens with zero attached hydrogens (tertiary/aromatic N) is 1. The first-order valence-electron chi connectivity index (χ1n) is 17.0. The molecule has 4 nitrogen and oxygen atoms in total. The van der Waals surface area contributed by atoms with Crippen LogP contribution in [0.3, 0.4) is 0 Å². The van der Waals surface area contributed by atoms with Crippen LogP contribution < -0.4 is 20.7 Å². The predicted octanol–water partition coefficient (Wildman–Crippen LogP) is 6.43. The molecule has 0 unspecified atom stereocenters. The summed E-state index contributed by atoms with van der Waals surface area (Å²) in [4.78, 5) is 6.77. The fourth-order valence-corrected chi connectivity index (χ4v) is 17.7. The average Bonchev–Trinajstić information content (AvgIpc) is 3.62. The maximum Gasteiger partial charge on any atom is 0.261 e. The van der Waals surface area contributed by atoms with E-state index in [4.69, 9.17) is 13.7 Å². The lowest BCUT2D eigenvalue weighted by molar-refractivity contribution is -0.163. The van der Waals surface area contributed by atoms with E-state index in [0.29, 0.717) is 6.54 Å². The third-order valence-corrected chi connectivity index (χ3v) is 20.7. The standard InChI is InChI=1S/C40H49NO3Si2/c1-38(2,3)45(31-19-11-7-12-20-31,32-21-13-8-14-22-32)42-36-30-41-35(29-40(44-41)27-28-40)37(36)43-46(39(4,5)6,33-23-15-9-16-24-33)34-25-17-10-18-26-34/h7-26,35-37H,27-30H2,1-6H3/t35-,36-,37-/m1/s1. The summed E-state index contributed by atoms with van der Waals surface area (Å²) in [6, 6.07) is 44.3. The predicted molar refractivity (Wildman–Crippen MR) is 193 cm³/mol. The van der Waals surface area contributed by atoms with Crippen molar-refractivity contribution >= 4 is 37.4 Å². The van der Waals surface area contributed by atoms with E-state index in [1.54, 1.807) is 0 Å². The van der Waals surface area contributed by atoms with Gasteiger partial charge in [-0.3, -0.25) is 4.84 Å². The topological polar surface area (TPSA) is 30.9 Å². The first-order chi connectivity index (χ1) is 22.0. The average molecular weight is 648 g/mol. The highest BCUT2D eigenvalue weighted by molar-refractivity contribution is 7.00. The molecule has 3 fully saturated rings. The minimum absolute atomic E-state index is 0.0138. The van der Waals surface area contributed by atoms with Gasteiger partial charge in [0.2, 0.25) is 0 Å². The Labute approximate surface area is 277 Å². The van der Waals surface area contributed by atoms with Crippen LogP contribution in [-0.2, 0) is 13.7 Å². The van der Waals surface area contributed by atoms with E-state index >= 15 is 0 Å². The van der Waals surface area contributed by atoms with Crippen LogP contribution in [0.4, 0.5) is 0 Å². The number of hydrogen-bond acceptors (Lipinski definition) is 4. The number of hydrogen-bond donors (Lipinski definition) is 0. The molecule has 0 amide bonds. The van der Waals surface area contributed by atoms with Gasteiger partial charge in [0, 0.05) is 0 Å². The van der Waals surface area contributed by atoms with Gasteiger partial charge in [-0.15, -0.1) is 0 Å². The lowest BCUT2D eigenvalue weighted by atomic mass is 10.0. The van der Waals surface area contributed by atoms with Gasteiger partial charge in [-0.1, -0.05) is 163 Å². The van der Waals surface area contributed by atoms with Crippen molar-refractivity contribution in [1.82, 2.24) is 5.06 Å². The molecule has 0 aromatic heterocycles. The second kappa shape index (κ2) is 11.7. The zero-order valence-corrected chi connectivity index (χ0v) is 30.3. The number of hydroxylamine groups is 2. The summed E-state index contributed by atoms with van der Waals surface area (Å²) in [5.74, 6) is 0. The van der Waals surface area contributed by atoms with E-state index in [2.05, 4.69) is 168 Å². The largest absolute Gasteiger partial charge is 0.400 e. The van der Waals surface area contributed by atoms with E-state index in [-0.39, 0.29) is 33.9 Å². The van der Waals surface area contributed by atoms with Crippen LogP contribution in [0.2, 0.25) is 10.1 Å². The van der Waals surface area contributed by atoms with Crippen molar-refractivity contribution in [3.05, 3.63) is 121 Å². The molecule has 240 valence electrons. The lowest BCUT2D eigenvalue weighted by Gasteiger charge is -2.48. The highest BCUT2D eigenvalue weighted by Crippen LogP contribution is 2.54. The summed E-state index contributed by atoms with van der Waals surface area (Å²) in [5, 5.41) is 7.19. The Morgan fingerprint density at radius 2 is 0.957 bits per heavy atom. The molecule has 7 rings (SSSR count). The number of benzene rings is 4. The van der Waals surface area contributed by atoms with Gasteiger partial charge >= 0.3 is 0 Å². The number of rotatable bonds is 8. The summed E-state index contributed by atoms with van der Waals surface area (Å²) >= 11 is 0. The van der Waals surface area contributed by atoms with Crippen molar-refractivity contribution in [3.8, 4) is 0 Å². The lowest BCUT2D eigenvalue weighted by Crippen LogP contribution is -2.71. The second-order valence-electron chi connectivity index (χ2n) is 15.7. The Kier molecular flexibility index (Phi) is 8.06. The van der Waals surface area contributed by atoms with Crippen LogP contribution in [0.1, 0.15) is 60.8 Å². The smallest absolute Gasteiger partial charge is 0.261 e. The maximum absolute atomic E-state index is 8.03. The quantitative estimate of drug-likeness (QED) is 0.207. The molecule has 6 heteroatoms. The fourth-order valence-electron chi connectivity index (χ4n) is 8.33. The van der Waals surface area contributed by atoms with E-state index in [1.807, 2.05) is 0 Å². The third-order valence-electron chi connectivity index (χ3n) is 10.6. The van der Waals surface area contributed by atoms with Crippen molar-refractivity contribution in [3.63, 3.8) is 0 Å². The normalized spacial score (nSPS) is 23.0. The van der Waals surface area contributed by atoms with E-state index in [1.165, 1.54) is 20.7 Å². The highest BCUT2D eigenvalue weighted by Gasteiger charge is 2.64. The molecule has 4 aromatic rings. The molecule has 2 heterocycles. The van der Waals surface area contributed by atoms with Crippen molar-refractivity contribution < 1.29 is 13.7 Å². The highest BCUT2D eigenvalue weighted by atomic mass is 28.4. The fraction of sp³-hybridized carbons (Fsp3) is 0.400. The van der Waals surface area contributed by atoms with Gasteiger partial charge in [0.25, 0.3) is 16.6 Å². The Bertz CT molecular complexity index is 1540. The van der Waals surface area contributed by atoms with Crippen LogP contribution in [0.5, 0.6) is 0 Å². The first-order valence-corrected chi connectivity index (χ1v) is 20.8. The van der Waals surface area contributed by atoms with Crippen molar-refractivity contribution in [1.29, 1.82) is 0 Å².